The number of benzene rings is 1. The summed E-state index contributed by atoms with van der Waals surface area (Å²) in [7, 11) is 0. The average molecular weight is 342 g/mol. The second-order valence-electron chi connectivity index (χ2n) is 4.61. The molecule has 1 aromatic carbocycles. The minimum absolute atomic E-state index is 0.202. The number of primary amides is 1. The smallest absolute Gasteiger partial charge is 0.329 e. The summed E-state index contributed by atoms with van der Waals surface area (Å²) in [5, 5.41) is 4.42. The van der Waals surface area contributed by atoms with E-state index in [0.717, 1.165) is 0 Å². The van der Waals surface area contributed by atoms with Gasteiger partial charge in [-0.3, -0.25) is 14.9 Å². The van der Waals surface area contributed by atoms with Gasteiger partial charge in [0.2, 0.25) is 0 Å². The van der Waals surface area contributed by atoms with Crippen LogP contribution >= 0.6 is 11.6 Å². The van der Waals surface area contributed by atoms with Crippen LogP contribution in [0.5, 0.6) is 0 Å². The molecular weight excluding hydrogens is 326 g/mol. The molecule has 0 radical (unpaired) electrons. The Labute approximate surface area is 137 Å². The predicted octanol–water partition coefficient (Wildman–Crippen LogP) is 0.585. The van der Waals surface area contributed by atoms with Crippen LogP contribution in [0, 0.1) is 0 Å². The molecule has 0 aliphatic carbocycles. The average Bonchev–Trinajstić information content (AvgIpc) is 2.46. The third kappa shape index (κ3) is 5.59. The molecule has 0 spiro atoms. The number of halogens is 1. The van der Waals surface area contributed by atoms with Gasteiger partial charge < -0.3 is 15.8 Å². The third-order valence-electron chi connectivity index (χ3n) is 2.73. The second kappa shape index (κ2) is 8.14. The van der Waals surface area contributed by atoms with E-state index >= 15 is 0 Å². The third-order valence-corrected chi connectivity index (χ3v) is 3.06. The van der Waals surface area contributed by atoms with Gasteiger partial charge in [-0.25, -0.2) is 9.59 Å². The number of ether oxygens (including phenoxy) is 1. The van der Waals surface area contributed by atoms with E-state index in [-0.39, 0.29) is 10.6 Å². The van der Waals surface area contributed by atoms with Crippen molar-refractivity contribution in [3.8, 4) is 0 Å². The van der Waals surface area contributed by atoms with E-state index in [0.29, 0.717) is 0 Å². The summed E-state index contributed by atoms with van der Waals surface area (Å²) in [6.45, 7) is 2.65. The summed E-state index contributed by atoms with van der Waals surface area (Å²) >= 11 is 5.88. The van der Waals surface area contributed by atoms with Gasteiger partial charge in [0, 0.05) is 0 Å². The van der Waals surface area contributed by atoms with E-state index in [1.54, 1.807) is 17.4 Å². The molecule has 1 aromatic rings. The topological polar surface area (TPSA) is 128 Å². The van der Waals surface area contributed by atoms with Gasteiger partial charge in [0.05, 0.1) is 10.6 Å². The summed E-state index contributed by atoms with van der Waals surface area (Å²) < 4.78 is 4.84. The maximum atomic E-state index is 12.0. The molecule has 1 rings (SSSR count). The lowest BCUT2D eigenvalue weighted by Gasteiger charge is -2.17. The highest BCUT2D eigenvalue weighted by atomic mass is 35.5. The fourth-order valence-electron chi connectivity index (χ4n) is 1.53. The minimum Gasteiger partial charge on any atom is -0.451 e. The zero-order valence-electron chi connectivity index (χ0n) is 12.5. The predicted molar refractivity (Wildman–Crippen MR) is 81.7 cm³/mol. The van der Waals surface area contributed by atoms with Crippen molar-refractivity contribution in [3.63, 3.8) is 0 Å². The molecule has 4 amide bonds. The molecule has 4 N–H and O–H groups in total. The van der Waals surface area contributed by atoms with E-state index in [2.05, 4.69) is 5.32 Å². The molecule has 0 heterocycles. The molecule has 0 aliphatic rings. The maximum absolute atomic E-state index is 12.0. The Bertz CT molecular complexity index is 635. The SMILES string of the molecule is C[C@H](NC(=O)c1ccccc1Cl)C(=O)O[C@@H](C)C(=O)NC(N)=O. The van der Waals surface area contributed by atoms with Gasteiger partial charge in [-0.05, 0) is 26.0 Å². The Kier molecular flexibility index (Phi) is 6.52. The van der Waals surface area contributed by atoms with E-state index in [1.807, 2.05) is 0 Å². The largest absolute Gasteiger partial charge is 0.451 e. The molecule has 124 valence electrons. The van der Waals surface area contributed by atoms with E-state index in [9.17, 15) is 19.2 Å². The molecule has 0 unspecified atom stereocenters. The van der Waals surface area contributed by atoms with E-state index in [1.165, 1.54) is 26.0 Å². The molecule has 0 saturated heterocycles. The lowest BCUT2D eigenvalue weighted by atomic mass is 10.2. The molecule has 0 fully saturated rings. The van der Waals surface area contributed by atoms with Crippen LogP contribution in [0.15, 0.2) is 24.3 Å². The van der Waals surface area contributed by atoms with Crippen molar-refractivity contribution in [2.24, 2.45) is 5.73 Å². The lowest BCUT2D eigenvalue weighted by molar-refractivity contribution is -0.155. The van der Waals surface area contributed by atoms with Crippen molar-refractivity contribution < 1.29 is 23.9 Å². The summed E-state index contributed by atoms with van der Waals surface area (Å²) in [6, 6.07) is 4.24. The Morgan fingerprint density at radius 3 is 2.35 bits per heavy atom. The quantitative estimate of drug-likeness (QED) is 0.675. The first-order chi connectivity index (χ1) is 10.7. The lowest BCUT2D eigenvalue weighted by Crippen LogP contribution is -2.45. The van der Waals surface area contributed by atoms with Gasteiger partial charge in [0.15, 0.2) is 6.10 Å². The summed E-state index contributed by atoms with van der Waals surface area (Å²) in [6.07, 6.45) is -1.24. The van der Waals surface area contributed by atoms with Crippen LogP contribution in [0.25, 0.3) is 0 Å². The number of urea groups is 1. The molecule has 23 heavy (non-hydrogen) atoms. The maximum Gasteiger partial charge on any atom is 0.329 e. The van der Waals surface area contributed by atoms with Gasteiger partial charge >= 0.3 is 12.0 Å². The first-order valence-electron chi connectivity index (χ1n) is 6.58. The number of carbonyl (C=O) groups is 4. The van der Waals surface area contributed by atoms with E-state index in [4.69, 9.17) is 22.1 Å². The van der Waals surface area contributed by atoms with Gasteiger partial charge in [0.25, 0.3) is 11.8 Å². The zero-order valence-corrected chi connectivity index (χ0v) is 13.2. The monoisotopic (exact) mass is 341 g/mol. The first-order valence-corrected chi connectivity index (χ1v) is 6.96. The molecule has 0 aliphatic heterocycles. The fourth-order valence-corrected chi connectivity index (χ4v) is 1.75. The molecule has 0 bridgehead atoms. The molecule has 8 nitrogen and oxygen atoms in total. The van der Waals surface area contributed by atoms with Crippen molar-refractivity contribution in [3.05, 3.63) is 34.9 Å². The van der Waals surface area contributed by atoms with Crippen molar-refractivity contribution in [1.82, 2.24) is 10.6 Å². The minimum atomic E-state index is -1.24. The van der Waals surface area contributed by atoms with Gasteiger partial charge in [-0.15, -0.1) is 0 Å². The summed E-state index contributed by atoms with van der Waals surface area (Å²) in [5.41, 5.74) is 4.99. The molecule has 2 atom stereocenters. The van der Waals surface area contributed by atoms with Crippen molar-refractivity contribution in [2.45, 2.75) is 26.0 Å². The number of esters is 1. The molecular formula is C14H16ClN3O5. The van der Waals surface area contributed by atoms with Gasteiger partial charge in [0.1, 0.15) is 6.04 Å². The van der Waals surface area contributed by atoms with Gasteiger partial charge in [-0.1, -0.05) is 23.7 Å². The zero-order chi connectivity index (χ0) is 17.6. The Balaban J connectivity index is 2.60. The van der Waals surface area contributed by atoms with Crippen LogP contribution in [0.3, 0.4) is 0 Å². The summed E-state index contributed by atoms with van der Waals surface area (Å²) in [5.74, 6) is -2.28. The highest BCUT2D eigenvalue weighted by Crippen LogP contribution is 2.14. The Hall–Kier alpha value is -2.61. The van der Waals surface area contributed by atoms with Crippen molar-refractivity contribution in [2.75, 3.05) is 0 Å². The summed E-state index contributed by atoms with van der Waals surface area (Å²) in [4.78, 5) is 45.8. The standard InChI is InChI=1S/C14H16ClN3O5/c1-7(13(21)23-8(2)11(19)18-14(16)22)17-12(20)9-5-3-4-6-10(9)15/h3-8H,1-2H3,(H,17,20)(H3,16,18,19,22)/t7-,8-/m0/s1. The van der Waals surface area contributed by atoms with Crippen molar-refractivity contribution >= 4 is 35.4 Å². The van der Waals surface area contributed by atoms with Crippen LogP contribution in [0.1, 0.15) is 24.2 Å². The van der Waals surface area contributed by atoms with Crippen LogP contribution in [0.2, 0.25) is 5.02 Å². The van der Waals surface area contributed by atoms with Crippen LogP contribution < -0.4 is 16.4 Å². The second-order valence-corrected chi connectivity index (χ2v) is 5.01. The van der Waals surface area contributed by atoms with Crippen LogP contribution in [-0.2, 0) is 14.3 Å². The Morgan fingerprint density at radius 1 is 1.17 bits per heavy atom. The Morgan fingerprint density at radius 2 is 1.78 bits per heavy atom. The van der Waals surface area contributed by atoms with E-state index < -0.39 is 36.0 Å². The fraction of sp³-hybridized carbons (Fsp3) is 0.286. The number of carbonyl (C=O) groups excluding carboxylic acids is 4. The number of imide groups is 1. The number of amides is 4. The number of rotatable bonds is 5. The number of nitrogens with one attached hydrogen (secondary N) is 2. The highest BCUT2D eigenvalue weighted by Gasteiger charge is 2.24. The normalized spacial score (nSPS) is 12.7. The first kappa shape index (κ1) is 18.4. The van der Waals surface area contributed by atoms with Crippen LogP contribution in [0.4, 0.5) is 4.79 Å². The molecule has 0 aromatic heterocycles. The number of nitrogens with two attached hydrogens (primary N) is 1. The molecule has 9 heteroatoms. The van der Waals surface area contributed by atoms with Gasteiger partial charge in [-0.2, -0.15) is 0 Å². The van der Waals surface area contributed by atoms with Crippen LogP contribution in [-0.4, -0.2) is 36.0 Å². The number of hydrogen-bond donors (Lipinski definition) is 3. The number of hydrogen-bond acceptors (Lipinski definition) is 5. The molecule has 0 saturated carbocycles. The highest BCUT2D eigenvalue weighted by molar-refractivity contribution is 6.33. The van der Waals surface area contributed by atoms with Crippen molar-refractivity contribution in [1.29, 1.82) is 0 Å².